The first-order chi connectivity index (χ1) is 16.4. The Morgan fingerprint density at radius 2 is 2.06 bits per heavy atom. The number of rotatable bonds is 8. The maximum absolute atomic E-state index is 12.7. The molecule has 180 valence electrons. The molecule has 1 fully saturated rings. The van der Waals surface area contributed by atoms with Crippen molar-refractivity contribution in [1.29, 1.82) is 0 Å². The summed E-state index contributed by atoms with van der Waals surface area (Å²) in [4.78, 5) is 38.6. The van der Waals surface area contributed by atoms with E-state index in [1.165, 1.54) is 6.07 Å². The zero-order valence-electron chi connectivity index (χ0n) is 18.3. The van der Waals surface area contributed by atoms with Crippen LogP contribution in [0.4, 0.5) is 19.9 Å². The summed E-state index contributed by atoms with van der Waals surface area (Å²) in [7, 11) is 0. The summed E-state index contributed by atoms with van der Waals surface area (Å²) in [5.74, 6) is 0.183. The zero-order valence-corrected chi connectivity index (χ0v) is 19.2. The van der Waals surface area contributed by atoms with Crippen LogP contribution in [-0.2, 0) is 16.0 Å². The fourth-order valence-corrected chi connectivity index (χ4v) is 4.29. The van der Waals surface area contributed by atoms with Gasteiger partial charge in [-0.3, -0.25) is 14.6 Å². The number of carbonyl (C=O) groups is 1. The van der Waals surface area contributed by atoms with Crippen molar-refractivity contribution in [3.63, 3.8) is 0 Å². The van der Waals surface area contributed by atoms with Gasteiger partial charge in [0.05, 0.1) is 18.9 Å². The van der Waals surface area contributed by atoms with Crippen LogP contribution in [0.25, 0.3) is 11.3 Å². The first kappa shape index (κ1) is 23.8. The lowest BCUT2D eigenvalue weighted by Crippen LogP contribution is -2.38. The van der Waals surface area contributed by atoms with Crippen molar-refractivity contribution in [1.82, 2.24) is 15.0 Å². The van der Waals surface area contributed by atoms with E-state index in [0.29, 0.717) is 59.9 Å². The number of aromatic amines is 1. The highest BCUT2D eigenvalue weighted by atomic mass is 32.1. The van der Waals surface area contributed by atoms with E-state index in [9.17, 15) is 18.4 Å². The second kappa shape index (κ2) is 10.7. The fraction of sp³-hybridized carbons (Fsp3) is 0.364. The molecule has 4 rings (SSSR count). The molecule has 1 aliphatic rings. The highest BCUT2D eigenvalue weighted by Gasteiger charge is 2.18. The number of nitrogens with zero attached hydrogens (tertiary/aromatic N) is 3. The lowest BCUT2D eigenvalue weighted by atomic mass is 10.1. The Morgan fingerprint density at radius 1 is 1.29 bits per heavy atom. The lowest BCUT2D eigenvalue weighted by molar-refractivity contribution is -0.116. The summed E-state index contributed by atoms with van der Waals surface area (Å²) in [6.45, 7) is 1.25. The quantitative estimate of drug-likeness (QED) is 0.498. The van der Waals surface area contributed by atoms with Crippen molar-refractivity contribution in [2.45, 2.75) is 26.4 Å². The summed E-state index contributed by atoms with van der Waals surface area (Å²) in [5, 5.41) is 4.65. The molecule has 0 unspecified atom stereocenters. The van der Waals surface area contributed by atoms with Gasteiger partial charge in [0.1, 0.15) is 5.75 Å². The zero-order chi connectivity index (χ0) is 24.1. The van der Waals surface area contributed by atoms with Crippen molar-refractivity contribution in [3.8, 4) is 17.0 Å². The molecule has 0 aliphatic carbocycles. The predicted octanol–water partition coefficient (Wildman–Crippen LogP) is 3.21. The number of hydrogen-bond donors (Lipinski definition) is 2. The molecule has 3 heterocycles. The Labute approximate surface area is 197 Å². The van der Waals surface area contributed by atoms with E-state index < -0.39 is 6.61 Å². The highest BCUT2D eigenvalue weighted by Crippen LogP contribution is 2.33. The number of aryl methyl sites for hydroxylation is 1. The van der Waals surface area contributed by atoms with Crippen LogP contribution in [0.1, 0.15) is 17.7 Å². The van der Waals surface area contributed by atoms with Gasteiger partial charge < -0.3 is 19.7 Å². The standard InChI is InChI=1S/C22H23F2N5O4S/c1-13-14(19(31)28-21(25-13)29-8-10-32-11-9-29)6-7-18(30)27-22-26-16(12-34-22)15-4-2-3-5-17(15)33-20(23)24/h2-5,12,20H,6-11H2,1H3,(H,25,28,31)(H,26,27,30). The van der Waals surface area contributed by atoms with Crippen LogP contribution in [0, 0.1) is 6.92 Å². The third-order valence-corrected chi connectivity index (χ3v) is 6.01. The molecule has 0 atom stereocenters. The molecular weight excluding hydrogens is 468 g/mol. The maximum Gasteiger partial charge on any atom is 0.387 e. The van der Waals surface area contributed by atoms with Gasteiger partial charge in [0.15, 0.2) is 5.13 Å². The number of anilines is 2. The van der Waals surface area contributed by atoms with Crippen molar-refractivity contribution in [2.75, 3.05) is 36.5 Å². The average molecular weight is 492 g/mol. The topological polar surface area (TPSA) is 109 Å². The molecule has 2 aromatic heterocycles. The van der Waals surface area contributed by atoms with Gasteiger partial charge in [-0.1, -0.05) is 12.1 Å². The molecular formula is C22H23F2N5O4S. The number of thiazole rings is 1. The Balaban J connectivity index is 1.38. The first-order valence-electron chi connectivity index (χ1n) is 10.6. The molecule has 34 heavy (non-hydrogen) atoms. The van der Waals surface area contributed by atoms with Gasteiger partial charge in [-0.15, -0.1) is 11.3 Å². The number of halogens is 2. The van der Waals surface area contributed by atoms with E-state index in [0.717, 1.165) is 11.3 Å². The van der Waals surface area contributed by atoms with E-state index in [-0.39, 0.29) is 30.1 Å². The van der Waals surface area contributed by atoms with E-state index in [4.69, 9.17) is 4.74 Å². The molecule has 3 aromatic rings. The molecule has 1 saturated heterocycles. The van der Waals surface area contributed by atoms with Gasteiger partial charge in [-0.25, -0.2) is 9.97 Å². The predicted molar refractivity (Wildman–Crippen MR) is 124 cm³/mol. The van der Waals surface area contributed by atoms with Gasteiger partial charge in [0, 0.05) is 41.7 Å². The summed E-state index contributed by atoms with van der Waals surface area (Å²) in [5.41, 5.74) is 1.56. The monoisotopic (exact) mass is 491 g/mol. The van der Waals surface area contributed by atoms with Crippen LogP contribution < -0.4 is 20.5 Å². The number of nitrogens with one attached hydrogen (secondary N) is 2. The largest absolute Gasteiger partial charge is 0.434 e. The van der Waals surface area contributed by atoms with E-state index in [1.54, 1.807) is 30.5 Å². The second-order valence-corrected chi connectivity index (χ2v) is 8.37. The molecule has 2 N–H and O–H groups in total. The molecule has 0 saturated carbocycles. The third kappa shape index (κ3) is 5.75. The van der Waals surface area contributed by atoms with Crippen LogP contribution >= 0.6 is 11.3 Å². The van der Waals surface area contributed by atoms with E-state index >= 15 is 0 Å². The minimum Gasteiger partial charge on any atom is -0.434 e. The molecule has 1 amide bonds. The molecule has 1 aromatic carbocycles. The van der Waals surface area contributed by atoms with E-state index in [2.05, 4.69) is 25.0 Å². The number of alkyl halides is 2. The first-order valence-corrected chi connectivity index (χ1v) is 11.5. The Bertz CT molecular complexity index is 1210. The smallest absolute Gasteiger partial charge is 0.387 e. The van der Waals surface area contributed by atoms with Crippen molar-refractivity contribution in [3.05, 3.63) is 51.3 Å². The van der Waals surface area contributed by atoms with Crippen LogP contribution in [0.2, 0.25) is 0 Å². The number of benzene rings is 1. The number of hydrogen-bond acceptors (Lipinski definition) is 8. The Morgan fingerprint density at radius 3 is 2.79 bits per heavy atom. The summed E-state index contributed by atoms with van der Waals surface area (Å²) in [6, 6.07) is 6.31. The molecule has 9 nitrogen and oxygen atoms in total. The van der Waals surface area contributed by atoms with E-state index in [1.807, 2.05) is 4.90 Å². The van der Waals surface area contributed by atoms with Gasteiger partial charge >= 0.3 is 6.61 Å². The summed E-state index contributed by atoms with van der Waals surface area (Å²) >= 11 is 1.16. The summed E-state index contributed by atoms with van der Waals surface area (Å²) < 4.78 is 35.2. The normalized spacial score (nSPS) is 13.8. The lowest BCUT2D eigenvalue weighted by Gasteiger charge is -2.27. The molecule has 0 spiro atoms. The van der Waals surface area contributed by atoms with Crippen molar-refractivity contribution >= 4 is 28.3 Å². The number of ether oxygens (including phenoxy) is 2. The number of amides is 1. The third-order valence-electron chi connectivity index (χ3n) is 5.25. The molecule has 12 heteroatoms. The van der Waals surface area contributed by atoms with Crippen LogP contribution in [-0.4, -0.2) is 53.8 Å². The van der Waals surface area contributed by atoms with Crippen LogP contribution in [0.3, 0.4) is 0 Å². The fourth-order valence-electron chi connectivity index (χ4n) is 3.57. The van der Waals surface area contributed by atoms with Crippen molar-refractivity contribution < 1.29 is 23.0 Å². The van der Waals surface area contributed by atoms with Gasteiger partial charge in [-0.05, 0) is 25.5 Å². The summed E-state index contributed by atoms with van der Waals surface area (Å²) in [6.07, 6.45) is 0.273. The second-order valence-electron chi connectivity index (χ2n) is 7.51. The van der Waals surface area contributed by atoms with Gasteiger partial charge in [0.2, 0.25) is 11.9 Å². The SMILES string of the molecule is Cc1nc(N2CCOCC2)[nH]c(=O)c1CCC(=O)Nc1nc(-c2ccccc2OC(F)F)cs1. The number of H-pyrrole nitrogens is 1. The molecule has 0 radical (unpaired) electrons. The average Bonchev–Trinajstić information content (AvgIpc) is 3.27. The number of aromatic nitrogens is 3. The maximum atomic E-state index is 12.7. The molecule has 0 bridgehead atoms. The number of morpholine rings is 1. The Kier molecular flexibility index (Phi) is 7.48. The Hall–Kier alpha value is -3.38. The van der Waals surface area contributed by atoms with Crippen molar-refractivity contribution in [2.24, 2.45) is 0 Å². The van der Waals surface area contributed by atoms with Crippen LogP contribution in [0.15, 0.2) is 34.4 Å². The minimum absolute atomic E-state index is 0.00315. The van der Waals surface area contributed by atoms with Crippen LogP contribution in [0.5, 0.6) is 5.75 Å². The van der Waals surface area contributed by atoms with Gasteiger partial charge in [-0.2, -0.15) is 8.78 Å². The minimum atomic E-state index is -2.96. The number of carbonyl (C=O) groups excluding carboxylic acids is 1. The highest BCUT2D eigenvalue weighted by molar-refractivity contribution is 7.14. The number of para-hydroxylation sites is 1. The molecule has 1 aliphatic heterocycles. The van der Waals surface area contributed by atoms with Gasteiger partial charge in [0.25, 0.3) is 5.56 Å².